The summed E-state index contributed by atoms with van der Waals surface area (Å²) in [5, 5.41) is 9.97. The molecule has 2 aliphatic rings. The SMILES string of the molecule is CC(=O)OC(N=Cc1ccc([N+](=O)[O-])cc1)C1=C(C(=O)OC(c2ccccc2)c2ccccc2)N2C(=O)[C@@H](C(F)F)[C@H]2SC1. The van der Waals surface area contributed by atoms with Gasteiger partial charge in [-0.2, -0.15) is 0 Å². The van der Waals surface area contributed by atoms with Gasteiger partial charge in [0.05, 0.1) is 4.92 Å². The molecule has 1 amide bonds. The molecule has 3 aromatic rings. The van der Waals surface area contributed by atoms with Crippen molar-refractivity contribution in [2.75, 3.05) is 5.75 Å². The Morgan fingerprint density at radius 1 is 1.00 bits per heavy atom. The molecule has 0 aromatic heterocycles. The van der Waals surface area contributed by atoms with E-state index in [2.05, 4.69) is 4.99 Å². The van der Waals surface area contributed by atoms with Crippen LogP contribution in [-0.4, -0.2) is 57.7 Å². The van der Waals surface area contributed by atoms with E-state index < -0.39 is 52.8 Å². The van der Waals surface area contributed by atoms with Crippen molar-refractivity contribution < 1.29 is 37.6 Å². The highest BCUT2D eigenvalue weighted by atomic mass is 32.2. The summed E-state index contributed by atoms with van der Waals surface area (Å²) in [5.74, 6) is -4.38. The molecule has 13 heteroatoms. The van der Waals surface area contributed by atoms with Gasteiger partial charge >= 0.3 is 11.9 Å². The van der Waals surface area contributed by atoms with Crippen LogP contribution in [0, 0.1) is 16.0 Å². The number of carbonyl (C=O) groups is 3. The van der Waals surface area contributed by atoms with Crippen molar-refractivity contribution in [3.63, 3.8) is 0 Å². The number of non-ortho nitro benzene ring substituents is 1. The number of halogens is 2. The Kier molecular flexibility index (Phi) is 9.14. The molecule has 226 valence electrons. The van der Waals surface area contributed by atoms with Crippen LogP contribution in [0.5, 0.6) is 0 Å². The number of nitrogens with zero attached hydrogens (tertiary/aromatic N) is 3. The molecule has 2 aliphatic heterocycles. The first-order valence-corrected chi connectivity index (χ1v) is 14.4. The Morgan fingerprint density at radius 2 is 1.59 bits per heavy atom. The summed E-state index contributed by atoms with van der Waals surface area (Å²) in [7, 11) is 0. The van der Waals surface area contributed by atoms with Gasteiger partial charge in [-0.3, -0.25) is 24.6 Å². The summed E-state index contributed by atoms with van der Waals surface area (Å²) in [5.41, 5.74) is 1.29. The average Bonchev–Trinajstić information content (AvgIpc) is 3.01. The van der Waals surface area contributed by atoms with Crippen molar-refractivity contribution >= 4 is 41.5 Å². The maximum atomic E-state index is 14.0. The van der Waals surface area contributed by atoms with E-state index in [0.29, 0.717) is 16.7 Å². The summed E-state index contributed by atoms with van der Waals surface area (Å²) in [6, 6.07) is 23.1. The molecule has 1 saturated heterocycles. The normalized spacial score (nSPS) is 18.7. The van der Waals surface area contributed by atoms with Crippen molar-refractivity contribution in [2.24, 2.45) is 10.9 Å². The molecule has 0 bridgehead atoms. The highest BCUT2D eigenvalue weighted by Crippen LogP contribution is 2.47. The fourth-order valence-electron chi connectivity index (χ4n) is 4.88. The molecular weight excluding hydrogens is 596 g/mol. The van der Waals surface area contributed by atoms with Gasteiger partial charge < -0.3 is 9.47 Å². The summed E-state index contributed by atoms with van der Waals surface area (Å²) in [6.07, 6.45) is -3.99. The fraction of sp³-hybridized carbons (Fsp3) is 0.226. The quantitative estimate of drug-likeness (QED) is 0.0983. The number of alkyl halides is 2. The number of nitro groups is 1. The third-order valence-electron chi connectivity index (χ3n) is 6.97. The number of β-lactam (4-membered cyclic amide) rings is 1. The average molecular weight is 622 g/mol. The monoisotopic (exact) mass is 621 g/mol. The fourth-order valence-corrected chi connectivity index (χ4v) is 6.31. The van der Waals surface area contributed by atoms with Gasteiger partial charge in [0.1, 0.15) is 17.0 Å². The van der Waals surface area contributed by atoms with Gasteiger partial charge in [-0.15, -0.1) is 11.8 Å². The Balaban J connectivity index is 1.56. The third kappa shape index (κ3) is 6.37. The predicted molar refractivity (Wildman–Crippen MR) is 157 cm³/mol. The molecular formula is C31H25F2N3O7S. The molecule has 0 radical (unpaired) electrons. The second kappa shape index (κ2) is 13.2. The minimum Gasteiger partial charge on any atom is -0.448 e. The molecule has 10 nitrogen and oxygen atoms in total. The summed E-state index contributed by atoms with van der Waals surface area (Å²) < 4.78 is 39.0. The number of benzene rings is 3. The van der Waals surface area contributed by atoms with Gasteiger partial charge in [-0.25, -0.2) is 18.6 Å². The van der Waals surface area contributed by atoms with Crippen LogP contribution in [0.25, 0.3) is 0 Å². The highest BCUT2D eigenvalue weighted by Gasteiger charge is 2.58. The number of hydrogen-bond acceptors (Lipinski definition) is 9. The van der Waals surface area contributed by atoms with E-state index in [4.69, 9.17) is 9.47 Å². The molecule has 44 heavy (non-hydrogen) atoms. The molecule has 3 atom stereocenters. The zero-order valence-corrected chi connectivity index (χ0v) is 23.9. The molecule has 1 unspecified atom stereocenters. The number of hydrogen-bond donors (Lipinski definition) is 0. The van der Waals surface area contributed by atoms with Gasteiger partial charge in [0.2, 0.25) is 12.1 Å². The van der Waals surface area contributed by atoms with E-state index in [9.17, 15) is 33.3 Å². The number of rotatable bonds is 10. The van der Waals surface area contributed by atoms with Crippen molar-refractivity contribution in [1.82, 2.24) is 4.90 Å². The summed E-state index contributed by atoms with van der Waals surface area (Å²) in [6.45, 7) is 1.13. The van der Waals surface area contributed by atoms with E-state index >= 15 is 0 Å². The lowest BCUT2D eigenvalue weighted by molar-refractivity contribution is -0.384. The molecule has 0 N–H and O–H groups in total. The van der Waals surface area contributed by atoms with E-state index in [1.165, 1.54) is 30.5 Å². The third-order valence-corrected chi connectivity index (χ3v) is 8.30. The topological polar surface area (TPSA) is 128 Å². The number of thioether (sulfide) groups is 1. The lowest BCUT2D eigenvalue weighted by Crippen LogP contribution is -2.64. The van der Waals surface area contributed by atoms with E-state index in [1.54, 1.807) is 60.7 Å². The van der Waals surface area contributed by atoms with Gasteiger partial charge in [0.15, 0.2) is 6.10 Å². The van der Waals surface area contributed by atoms with Gasteiger partial charge in [-0.05, 0) is 28.8 Å². The minimum atomic E-state index is -2.94. The lowest BCUT2D eigenvalue weighted by atomic mass is 9.95. The van der Waals surface area contributed by atoms with Gasteiger partial charge in [0.25, 0.3) is 12.1 Å². The Bertz CT molecular complexity index is 1580. The Hall–Kier alpha value is -4.91. The van der Waals surface area contributed by atoms with Crippen molar-refractivity contribution in [3.05, 3.63) is 123 Å². The van der Waals surface area contributed by atoms with Crippen LogP contribution >= 0.6 is 11.8 Å². The molecule has 5 rings (SSSR count). The Morgan fingerprint density at radius 3 is 2.11 bits per heavy atom. The number of amides is 1. The van der Waals surface area contributed by atoms with Crippen LogP contribution in [0.4, 0.5) is 14.5 Å². The number of aliphatic imine (C=N–C) groups is 1. The first kappa shape index (κ1) is 30.5. The van der Waals surface area contributed by atoms with Crippen molar-refractivity contribution in [3.8, 4) is 0 Å². The molecule has 0 saturated carbocycles. The maximum absolute atomic E-state index is 14.0. The van der Waals surface area contributed by atoms with Crippen molar-refractivity contribution in [2.45, 2.75) is 31.1 Å². The summed E-state index contributed by atoms with van der Waals surface area (Å²) >= 11 is 0.996. The zero-order valence-electron chi connectivity index (χ0n) is 23.1. The molecule has 0 aliphatic carbocycles. The number of esters is 2. The van der Waals surface area contributed by atoms with Crippen LogP contribution in [0.2, 0.25) is 0 Å². The van der Waals surface area contributed by atoms with Crippen LogP contribution in [0.15, 0.2) is 101 Å². The lowest BCUT2D eigenvalue weighted by Gasteiger charge is -2.49. The number of nitro benzene ring substituents is 1. The van der Waals surface area contributed by atoms with E-state index in [0.717, 1.165) is 23.6 Å². The second-order valence-corrected chi connectivity index (χ2v) is 10.9. The Labute approximate surface area is 254 Å². The molecule has 3 aromatic carbocycles. The molecule has 2 heterocycles. The summed E-state index contributed by atoms with van der Waals surface area (Å²) in [4.78, 5) is 54.9. The number of fused-ring (bicyclic) bond motifs is 1. The van der Waals surface area contributed by atoms with E-state index in [-0.39, 0.29) is 22.7 Å². The predicted octanol–water partition coefficient (Wildman–Crippen LogP) is 5.29. The standard InChI is InChI=1S/C31H25F2N3O7S/c1-18(37)42-28(34-16-19-12-14-22(15-13-19)36(40)41)23-17-44-30-24(27(32)33)29(38)35(30)25(23)31(39)43-26(20-8-4-2-5-9-20)21-10-6-3-7-11-21/h2-16,24,26-28,30H,17H2,1H3/t24-,28?,30-/m1/s1. The first-order valence-electron chi connectivity index (χ1n) is 13.4. The number of carbonyl (C=O) groups excluding carboxylic acids is 3. The van der Waals surface area contributed by atoms with Crippen LogP contribution in [-0.2, 0) is 23.9 Å². The highest BCUT2D eigenvalue weighted by molar-refractivity contribution is 8.00. The van der Waals surface area contributed by atoms with Crippen LogP contribution in [0.1, 0.15) is 29.7 Å². The minimum absolute atomic E-state index is 0.0704. The molecule has 0 spiro atoms. The van der Waals surface area contributed by atoms with Gasteiger partial charge in [-0.1, -0.05) is 60.7 Å². The zero-order chi connectivity index (χ0) is 31.4. The first-order chi connectivity index (χ1) is 21.2. The largest absolute Gasteiger partial charge is 0.448 e. The smallest absolute Gasteiger partial charge is 0.356 e. The van der Waals surface area contributed by atoms with Crippen LogP contribution in [0.3, 0.4) is 0 Å². The number of ether oxygens (including phenoxy) is 2. The van der Waals surface area contributed by atoms with Crippen molar-refractivity contribution in [1.29, 1.82) is 0 Å². The molecule has 1 fully saturated rings. The second-order valence-electron chi connectivity index (χ2n) is 9.84. The van der Waals surface area contributed by atoms with E-state index in [1.807, 2.05) is 0 Å². The van der Waals surface area contributed by atoms with Crippen LogP contribution < -0.4 is 0 Å². The van der Waals surface area contributed by atoms with Gasteiger partial charge in [0, 0.05) is 36.6 Å². The maximum Gasteiger partial charge on any atom is 0.356 e.